The smallest absolute Gasteiger partial charge is 0.0615 e. The number of hydrogen-bond donors (Lipinski definition) is 0. The molecule has 0 atom stereocenters. The van der Waals surface area contributed by atoms with Crippen molar-refractivity contribution >= 4 is 5.69 Å². The van der Waals surface area contributed by atoms with E-state index in [-0.39, 0.29) is 11.0 Å². The zero-order chi connectivity index (χ0) is 20.8. The SMILES string of the molecule is Cc1cc(C)c(N2CC34C(=CC(c5ccccc53)c3ccccc34)C2(C)C)c(C)c1. The number of anilines is 1. The van der Waals surface area contributed by atoms with Crippen LogP contribution >= 0.6 is 0 Å². The predicted molar refractivity (Wildman–Crippen MR) is 126 cm³/mol. The minimum absolute atomic E-state index is 0.0376. The predicted octanol–water partition coefficient (Wildman–Crippen LogP) is 6.58. The molecule has 1 spiro atoms. The van der Waals surface area contributed by atoms with Crippen LogP contribution in [0.3, 0.4) is 0 Å². The molecule has 0 amide bonds. The van der Waals surface area contributed by atoms with Crippen LogP contribution in [0.2, 0.25) is 0 Å². The molecule has 2 bridgehead atoms. The lowest BCUT2D eigenvalue weighted by Gasteiger charge is -2.47. The number of aryl methyl sites for hydroxylation is 3. The van der Waals surface area contributed by atoms with Crippen molar-refractivity contribution in [2.24, 2.45) is 0 Å². The topological polar surface area (TPSA) is 3.24 Å². The van der Waals surface area contributed by atoms with Gasteiger partial charge in [-0.05, 0) is 73.6 Å². The van der Waals surface area contributed by atoms with Gasteiger partial charge in [-0.15, -0.1) is 0 Å². The Morgan fingerprint density at radius 1 is 0.800 bits per heavy atom. The average Bonchev–Trinajstić information content (AvgIpc) is 2.96. The standard InChI is InChI=1S/C29H29N/c1-18-14-19(2)27(20(3)15-18)30-17-29-24-12-8-6-10-21(24)23(16-26(29)28(30,4)5)22-11-7-9-13-25(22)29/h6-16,23H,17H2,1-5H3. The van der Waals surface area contributed by atoms with Crippen LogP contribution < -0.4 is 4.90 Å². The van der Waals surface area contributed by atoms with E-state index in [0.29, 0.717) is 5.92 Å². The van der Waals surface area contributed by atoms with Crippen molar-refractivity contribution in [1.29, 1.82) is 0 Å². The third-order valence-corrected chi connectivity index (χ3v) is 7.94. The lowest BCUT2D eigenvalue weighted by molar-refractivity contribution is 0.567. The zero-order valence-electron chi connectivity index (χ0n) is 18.6. The summed E-state index contributed by atoms with van der Waals surface area (Å²) < 4.78 is 0. The summed E-state index contributed by atoms with van der Waals surface area (Å²) in [5, 5.41) is 0. The second-order valence-corrected chi connectivity index (χ2v) is 10.0. The van der Waals surface area contributed by atoms with Crippen molar-refractivity contribution in [2.75, 3.05) is 11.4 Å². The Bertz CT molecular complexity index is 1170. The molecule has 7 rings (SSSR count). The van der Waals surface area contributed by atoms with Crippen molar-refractivity contribution in [1.82, 2.24) is 0 Å². The van der Waals surface area contributed by atoms with Crippen molar-refractivity contribution in [2.45, 2.75) is 51.5 Å². The molecule has 1 nitrogen and oxygen atoms in total. The van der Waals surface area contributed by atoms with Gasteiger partial charge in [-0.1, -0.05) is 72.3 Å². The number of benzene rings is 3. The highest BCUT2D eigenvalue weighted by Crippen LogP contribution is 2.63. The first-order valence-electron chi connectivity index (χ1n) is 11.1. The van der Waals surface area contributed by atoms with Crippen LogP contribution in [-0.4, -0.2) is 12.1 Å². The van der Waals surface area contributed by atoms with Crippen LogP contribution in [0.1, 0.15) is 58.7 Å². The minimum Gasteiger partial charge on any atom is -0.361 e. The minimum atomic E-state index is -0.0603. The van der Waals surface area contributed by atoms with Gasteiger partial charge in [0.25, 0.3) is 0 Å². The maximum Gasteiger partial charge on any atom is 0.0615 e. The molecule has 1 fully saturated rings. The summed E-state index contributed by atoms with van der Waals surface area (Å²) in [7, 11) is 0. The van der Waals surface area contributed by atoms with Gasteiger partial charge in [0, 0.05) is 18.2 Å². The molecule has 1 heteroatoms. The summed E-state index contributed by atoms with van der Waals surface area (Å²) in [6, 6.07) is 23.0. The Morgan fingerprint density at radius 3 is 1.90 bits per heavy atom. The normalized spacial score (nSPS) is 24.9. The Labute approximate surface area is 180 Å². The lowest BCUT2D eigenvalue weighted by Crippen LogP contribution is -2.42. The van der Waals surface area contributed by atoms with Crippen molar-refractivity contribution in [3.63, 3.8) is 0 Å². The molecule has 3 aromatic rings. The molecule has 1 saturated heterocycles. The van der Waals surface area contributed by atoms with Crippen LogP contribution in [0, 0.1) is 20.8 Å². The van der Waals surface area contributed by atoms with Gasteiger partial charge in [0.1, 0.15) is 0 Å². The van der Waals surface area contributed by atoms with Crippen molar-refractivity contribution in [3.8, 4) is 0 Å². The number of nitrogens with zero attached hydrogens (tertiary/aromatic N) is 1. The summed E-state index contributed by atoms with van der Waals surface area (Å²) in [6.07, 6.45) is 2.60. The van der Waals surface area contributed by atoms with Gasteiger partial charge in [-0.3, -0.25) is 0 Å². The summed E-state index contributed by atoms with van der Waals surface area (Å²) in [5.41, 5.74) is 13.0. The van der Waals surface area contributed by atoms with E-state index in [2.05, 4.69) is 106 Å². The van der Waals surface area contributed by atoms with Crippen LogP contribution in [0.25, 0.3) is 0 Å². The fourth-order valence-corrected chi connectivity index (χ4v) is 6.92. The van der Waals surface area contributed by atoms with Crippen LogP contribution in [0.4, 0.5) is 5.69 Å². The van der Waals surface area contributed by atoms with Gasteiger partial charge < -0.3 is 4.90 Å². The largest absolute Gasteiger partial charge is 0.361 e. The molecule has 0 unspecified atom stereocenters. The number of rotatable bonds is 1. The Balaban J connectivity index is 1.66. The first-order chi connectivity index (χ1) is 14.4. The van der Waals surface area contributed by atoms with Gasteiger partial charge >= 0.3 is 0 Å². The van der Waals surface area contributed by atoms with E-state index in [9.17, 15) is 0 Å². The summed E-state index contributed by atoms with van der Waals surface area (Å²) >= 11 is 0. The molecule has 3 aromatic carbocycles. The zero-order valence-corrected chi connectivity index (χ0v) is 18.6. The Kier molecular flexibility index (Phi) is 3.40. The lowest BCUT2D eigenvalue weighted by atomic mass is 9.54. The highest BCUT2D eigenvalue weighted by atomic mass is 15.2. The molecule has 0 aromatic heterocycles. The summed E-state index contributed by atoms with van der Waals surface area (Å²) in [5.74, 6) is 0.369. The Morgan fingerprint density at radius 2 is 1.33 bits per heavy atom. The van der Waals surface area contributed by atoms with Crippen molar-refractivity contribution in [3.05, 3.63) is 111 Å². The molecule has 4 aliphatic rings. The van der Waals surface area contributed by atoms with Gasteiger partial charge in [0.05, 0.1) is 11.0 Å². The molecule has 30 heavy (non-hydrogen) atoms. The molecule has 1 heterocycles. The summed E-state index contributed by atoms with van der Waals surface area (Å²) in [4.78, 5) is 2.70. The van der Waals surface area contributed by atoms with E-state index in [4.69, 9.17) is 0 Å². The second-order valence-electron chi connectivity index (χ2n) is 10.0. The van der Waals surface area contributed by atoms with Crippen LogP contribution in [-0.2, 0) is 5.41 Å². The van der Waals surface area contributed by atoms with Gasteiger partial charge in [0.2, 0.25) is 0 Å². The van der Waals surface area contributed by atoms with E-state index < -0.39 is 0 Å². The molecular formula is C29H29N. The molecule has 0 N–H and O–H groups in total. The van der Waals surface area contributed by atoms with E-state index in [1.807, 2.05) is 0 Å². The summed E-state index contributed by atoms with van der Waals surface area (Å²) in [6.45, 7) is 12.6. The first kappa shape index (κ1) is 18.0. The van der Waals surface area contributed by atoms with E-state index in [1.165, 1.54) is 44.6 Å². The van der Waals surface area contributed by atoms with Crippen LogP contribution in [0.5, 0.6) is 0 Å². The molecule has 1 aliphatic heterocycles. The maximum atomic E-state index is 2.70. The third kappa shape index (κ3) is 1.99. The second kappa shape index (κ2) is 5.66. The third-order valence-electron chi connectivity index (χ3n) is 7.94. The maximum absolute atomic E-state index is 2.70. The average molecular weight is 392 g/mol. The quantitative estimate of drug-likeness (QED) is 0.423. The van der Waals surface area contributed by atoms with E-state index in [1.54, 1.807) is 5.57 Å². The fraction of sp³-hybridized carbons (Fsp3) is 0.310. The molecular weight excluding hydrogens is 362 g/mol. The highest BCUT2D eigenvalue weighted by molar-refractivity contribution is 5.76. The van der Waals surface area contributed by atoms with E-state index >= 15 is 0 Å². The van der Waals surface area contributed by atoms with Crippen LogP contribution in [0.15, 0.2) is 72.3 Å². The number of allylic oxidation sites excluding steroid dienone is 1. The van der Waals surface area contributed by atoms with Crippen molar-refractivity contribution < 1.29 is 0 Å². The highest BCUT2D eigenvalue weighted by Gasteiger charge is 2.60. The fourth-order valence-electron chi connectivity index (χ4n) is 6.92. The molecule has 150 valence electrons. The number of hydrogen-bond acceptors (Lipinski definition) is 1. The molecule has 0 saturated carbocycles. The molecule has 3 aliphatic carbocycles. The van der Waals surface area contributed by atoms with E-state index in [0.717, 1.165) is 6.54 Å². The first-order valence-corrected chi connectivity index (χ1v) is 11.1. The van der Waals surface area contributed by atoms with Gasteiger partial charge in [0.15, 0.2) is 0 Å². The van der Waals surface area contributed by atoms with Gasteiger partial charge in [-0.2, -0.15) is 0 Å². The van der Waals surface area contributed by atoms with Gasteiger partial charge in [-0.25, -0.2) is 0 Å². The Hall–Kier alpha value is -2.80. The monoisotopic (exact) mass is 391 g/mol. The molecule has 0 radical (unpaired) electrons.